The maximum Gasteiger partial charge on any atom is 0.365 e. The fraction of sp³-hybridized carbons (Fsp3) is 0.400. The molecule has 1 aromatic heterocycles. The predicted octanol–water partition coefficient (Wildman–Crippen LogP) is -0.153. The van der Waals surface area contributed by atoms with Crippen LogP contribution in [0, 0.1) is 0 Å². The molecule has 1 heterocycles. The lowest BCUT2D eigenvalue weighted by atomic mass is 10.5. The number of H-pyrrole nitrogens is 1. The lowest BCUT2D eigenvalue weighted by molar-refractivity contribution is 0.789. The quantitative estimate of drug-likeness (QED) is 0.589. The summed E-state index contributed by atoms with van der Waals surface area (Å²) in [6, 6.07) is 0. The van der Waals surface area contributed by atoms with Gasteiger partial charge in [-0.05, 0) is 24.3 Å². The minimum atomic E-state index is -0.310. The number of nitrogens with zero attached hydrogens (tertiary/aromatic N) is 3. The first-order chi connectivity index (χ1) is 4.75. The summed E-state index contributed by atoms with van der Waals surface area (Å²) in [4.78, 5) is 10.8. The highest BCUT2D eigenvalue weighted by molar-refractivity contribution is 5.38. The number of allylic oxidation sites excluding steroid dienone is 2. The van der Waals surface area contributed by atoms with E-state index < -0.39 is 0 Å². The van der Waals surface area contributed by atoms with Gasteiger partial charge in [0.05, 0.1) is 0 Å². The largest absolute Gasteiger partial charge is 0.365 e. The van der Waals surface area contributed by atoms with E-state index in [1.54, 1.807) is 13.0 Å². The van der Waals surface area contributed by atoms with Crippen LogP contribution in [0.5, 0.6) is 0 Å². The van der Waals surface area contributed by atoms with E-state index in [4.69, 9.17) is 0 Å². The van der Waals surface area contributed by atoms with E-state index in [2.05, 4.69) is 15.5 Å². The number of tetrazole rings is 1. The third-order valence-corrected chi connectivity index (χ3v) is 1.22. The van der Waals surface area contributed by atoms with Crippen molar-refractivity contribution in [2.24, 2.45) is 0 Å². The molecule has 1 rings (SSSR count). The summed E-state index contributed by atoms with van der Waals surface area (Å²) in [7, 11) is 0. The number of aromatic amines is 1. The maximum atomic E-state index is 10.8. The lowest BCUT2D eigenvalue weighted by Gasteiger charge is -1.91. The van der Waals surface area contributed by atoms with Crippen LogP contribution in [0.1, 0.15) is 13.8 Å². The van der Waals surface area contributed by atoms with Gasteiger partial charge in [0, 0.05) is 5.70 Å². The van der Waals surface area contributed by atoms with Crippen molar-refractivity contribution < 1.29 is 0 Å². The molecule has 0 bridgehead atoms. The number of aromatic nitrogens is 4. The summed E-state index contributed by atoms with van der Waals surface area (Å²) in [5, 5.41) is 9.03. The average Bonchev–Trinajstić information content (AvgIpc) is 2.34. The van der Waals surface area contributed by atoms with Crippen molar-refractivity contribution in [3.63, 3.8) is 0 Å². The van der Waals surface area contributed by atoms with E-state index >= 15 is 0 Å². The zero-order valence-electron chi connectivity index (χ0n) is 5.83. The van der Waals surface area contributed by atoms with Crippen LogP contribution < -0.4 is 5.69 Å². The standard InChI is InChI=1S/C5H8N4O/c1-3-4(2)9-5(10)6-7-8-9/h3H,1-2H3,(H,6,8,10). The van der Waals surface area contributed by atoms with E-state index in [1.165, 1.54) is 4.68 Å². The van der Waals surface area contributed by atoms with Gasteiger partial charge >= 0.3 is 5.69 Å². The molecule has 1 N–H and O–H groups in total. The molecule has 5 heteroatoms. The fourth-order valence-corrected chi connectivity index (χ4v) is 0.551. The number of hydrogen-bond donors (Lipinski definition) is 1. The Hall–Kier alpha value is -1.39. The monoisotopic (exact) mass is 140 g/mol. The molecule has 0 amide bonds. The molecule has 54 valence electrons. The van der Waals surface area contributed by atoms with Crippen molar-refractivity contribution in [1.82, 2.24) is 20.2 Å². The van der Waals surface area contributed by atoms with Crippen molar-refractivity contribution >= 4 is 5.70 Å². The molecule has 0 aliphatic heterocycles. The van der Waals surface area contributed by atoms with Gasteiger partial charge in [-0.15, -0.1) is 0 Å². The first kappa shape index (κ1) is 6.73. The Bertz CT molecular complexity index is 295. The Kier molecular flexibility index (Phi) is 1.66. The third kappa shape index (κ3) is 0.975. The van der Waals surface area contributed by atoms with E-state index in [9.17, 15) is 4.79 Å². The molecule has 0 fully saturated rings. The summed E-state index contributed by atoms with van der Waals surface area (Å²) in [6.07, 6.45) is 1.78. The minimum absolute atomic E-state index is 0.310. The van der Waals surface area contributed by atoms with Gasteiger partial charge < -0.3 is 0 Å². The molecule has 0 saturated carbocycles. The minimum Gasteiger partial charge on any atom is -0.244 e. The van der Waals surface area contributed by atoms with Gasteiger partial charge in [-0.3, -0.25) is 0 Å². The second kappa shape index (κ2) is 2.47. The first-order valence-corrected chi connectivity index (χ1v) is 2.89. The lowest BCUT2D eigenvalue weighted by Crippen LogP contribution is -2.15. The maximum absolute atomic E-state index is 10.8. The molecule has 0 aliphatic carbocycles. The summed E-state index contributed by atoms with van der Waals surface area (Å²) < 4.78 is 1.19. The van der Waals surface area contributed by atoms with Crippen LogP contribution in [0.25, 0.3) is 5.70 Å². The zero-order valence-corrected chi connectivity index (χ0v) is 5.83. The van der Waals surface area contributed by atoms with Crippen LogP contribution in [0.3, 0.4) is 0 Å². The van der Waals surface area contributed by atoms with Gasteiger partial charge in [0.15, 0.2) is 0 Å². The highest BCUT2D eigenvalue weighted by Crippen LogP contribution is 1.91. The van der Waals surface area contributed by atoms with Crippen molar-refractivity contribution in [3.8, 4) is 0 Å². The van der Waals surface area contributed by atoms with Gasteiger partial charge in [-0.2, -0.15) is 4.68 Å². The van der Waals surface area contributed by atoms with Crippen molar-refractivity contribution in [2.75, 3.05) is 0 Å². The van der Waals surface area contributed by atoms with Crippen LogP contribution in [0.2, 0.25) is 0 Å². The highest BCUT2D eigenvalue weighted by atomic mass is 16.2. The summed E-state index contributed by atoms with van der Waals surface area (Å²) in [5.74, 6) is 0. The first-order valence-electron chi connectivity index (χ1n) is 2.89. The molecule has 10 heavy (non-hydrogen) atoms. The van der Waals surface area contributed by atoms with Crippen molar-refractivity contribution in [2.45, 2.75) is 13.8 Å². The molecule has 0 aromatic carbocycles. The summed E-state index contributed by atoms with van der Waals surface area (Å²) in [6.45, 7) is 3.61. The third-order valence-electron chi connectivity index (χ3n) is 1.22. The topological polar surface area (TPSA) is 63.6 Å². The Balaban J connectivity index is 3.18. The van der Waals surface area contributed by atoms with Gasteiger partial charge in [-0.1, -0.05) is 6.08 Å². The molecule has 1 aromatic rings. The van der Waals surface area contributed by atoms with Gasteiger partial charge in [0.1, 0.15) is 0 Å². The molecule has 0 radical (unpaired) electrons. The Morgan fingerprint density at radius 2 is 2.50 bits per heavy atom. The molecular formula is C5H8N4O. The molecule has 0 spiro atoms. The Labute approximate surface area is 57.3 Å². The van der Waals surface area contributed by atoms with Crippen LogP contribution in [0.4, 0.5) is 0 Å². The van der Waals surface area contributed by atoms with Gasteiger partial charge in [-0.25, -0.2) is 9.89 Å². The Morgan fingerprint density at radius 3 is 2.90 bits per heavy atom. The SMILES string of the molecule is CC=C(C)n1nn[nH]c1=O. The van der Waals surface area contributed by atoms with Crippen LogP contribution >= 0.6 is 0 Å². The number of hydrogen-bond acceptors (Lipinski definition) is 3. The fourth-order valence-electron chi connectivity index (χ4n) is 0.551. The second-order valence-corrected chi connectivity index (χ2v) is 1.85. The second-order valence-electron chi connectivity index (χ2n) is 1.85. The van der Waals surface area contributed by atoms with E-state index in [0.717, 1.165) is 5.70 Å². The average molecular weight is 140 g/mol. The van der Waals surface area contributed by atoms with E-state index in [-0.39, 0.29) is 5.69 Å². The zero-order chi connectivity index (χ0) is 7.56. The molecule has 0 aliphatic rings. The van der Waals surface area contributed by atoms with Gasteiger partial charge in [0.25, 0.3) is 0 Å². The highest BCUT2D eigenvalue weighted by Gasteiger charge is 1.97. The van der Waals surface area contributed by atoms with Crippen LogP contribution in [-0.2, 0) is 0 Å². The summed E-state index contributed by atoms with van der Waals surface area (Å²) >= 11 is 0. The normalized spacial score (nSPS) is 12.0. The molecular weight excluding hydrogens is 132 g/mol. The molecule has 0 unspecified atom stereocenters. The summed E-state index contributed by atoms with van der Waals surface area (Å²) in [5.41, 5.74) is 0.453. The number of rotatable bonds is 1. The van der Waals surface area contributed by atoms with Gasteiger partial charge in [0.2, 0.25) is 0 Å². The van der Waals surface area contributed by atoms with E-state index in [0.29, 0.717) is 0 Å². The van der Waals surface area contributed by atoms with E-state index in [1.807, 2.05) is 6.92 Å². The van der Waals surface area contributed by atoms with Crippen LogP contribution in [-0.4, -0.2) is 20.2 Å². The van der Waals surface area contributed by atoms with Crippen molar-refractivity contribution in [3.05, 3.63) is 16.6 Å². The Morgan fingerprint density at radius 1 is 1.80 bits per heavy atom. The molecule has 0 saturated heterocycles. The van der Waals surface area contributed by atoms with Crippen molar-refractivity contribution in [1.29, 1.82) is 0 Å². The molecule has 5 nitrogen and oxygen atoms in total. The number of nitrogens with one attached hydrogen (secondary N) is 1. The smallest absolute Gasteiger partial charge is 0.244 e. The van der Waals surface area contributed by atoms with Crippen LogP contribution in [0.15, 0.2) is 10.9 Å². The predicted molar refractivity (Wildman–Crippen MR) is 36.3 cm³/mol. The molecule has 0 atom stereocenters.